The fraction of sp³-hybridized carbons (Fsp3) is 0.286. The van der Waals surface area contributed by atoms with Crippen molar-refractivity contribution in [2.75, 3.05) is 32.5 Å². The second-order valence-corrected chi connectivity index (χ2v) is 6.42. The van der Waals surface area contributed by atoms with E-state index in [2.05, 4.69) is 20.7 Å². The Hall–Kier alpha value is -1.20. The number of methoxy groups -OCH3 is 2. The SMILES string of the molecule is COC(=O)C1=C(C(=O)OC)N(c2c(I)ccc(Br)c2F)COC1. The van der Waals surface area contributed by atoms with Crippen molar-refractivity contribution >= 4 is 56.1 Å². The summed E-state index contributed by atoms with van der Waals surface area (Å²) in [6, 6.07) is 3.22. The molecule has 0 radical (unpaired) electrons. The van der Waals surface area contributed by atoms with Crippen molar-refractivity contribution in [3.05, 3.63) is 37.3 Å². The van der Waals surface area contributed by atoms with Crippen LogP contribution in [-0.2, 0) is 23.8 Å². The van der Waals surface area contributed by atoms with E-state index in [0.29, 0.717) is 3.57 Å². The number of rotatable bonds is 3. The highest BCUT2D eigenvalue weighted by molar-refractivity contribution is 14.1. The highest BCUT2D eigenvalue weighted by Gasteiger charge is 2.34. The molecule has 0 saturated carbocycles. The van der Waals surface area contributed by atoms with E-state index in [1.165, 1.54) is 19.1 Å². The molecular formula is C14H12BrFINO5. The number of benzene rings is 1. The van der Waals surface area contributed by atoms with Crippen LogP contribution < -0.4 is 4.90 Å². The van der Waals surface area contributed by atoms with Crippen molar-refractivity contribution in [2.45, 2.75) is 0 Å². The molecule has 0 N–H and O–H groups in total. The van der Waals surface area contributed by atoms with Gasteiger partial charge >= 0.3 is 11.9 Å². The minimum Gasteiger partial charge on any atom is -0.466 e. The molecule has 0 unspecified atom stereocenters. The molecule has 6 nitrogen and oxygen atoms in total. The summed E-state index contributed by atoms with van der Waals surface area (Å²) < 4.78 is 30.0. The Balaban J connectivity index is 2.68. The highest BCUT2D eigenvalue weighted by Crippen LogP contribution is 2.35. The standard InChI is InChI=1S/C14H12BrFINO5/c1-21-13(19)7-5-23-6-18(11(7)14(20)22-2)12-9(17)4-3-8(15)10(12)16/h3-4H,5-6H2,1-2H3. The molecule has 23 heavy (non-hydrogen) atoms. The molecule has 0 atom stereocenters. The molecule has 124 valence electrons. The zero-order chi connectivity index (χ0) is 17.1. The summed E-state index contributed by atoms with van der Waals surface area (Å²) in [5.74, 6) is -2.09. The fourth-order valence-corrected chi connectivity index (χ4v) is 3.11. The van der Waals surface area contributed by atoms with Gasteiger partial charge in [0.25, 0.3) is 0 Å². The molecule has 1 aromatic rings. The lowest BCUT2D eigenvalue weighted by molar-refractivity contribution is -0.140. The Morgan fingerprint density at radius 2 is 1.96 bits per heavy atom. The molecule has 0 saturated heterocycles. The zero-order valence-electron chi connectivity index (χ0n) is 12.2. The summed E-state index contributed by atoms with van der Waals surface area (Å²) >= 11 is 5.04. The van der Waals surface area contributed by atoms with Gasteiger partial charge in [0.1, 0.15) is 12.4 Å². The van der Waals surface area contributed by atoms with Gasteiger partial charge in [-0.3, -0.25) is 0 Å². The Kier molecular flexibility index (Phi) is 5.98. The quantitative estimate of drug-likeness (QED) is 0.362. The van der Waals surface area contributed by atoms with Crippen molar-refractivity contribution in [1.29, 1.82) is 0 Å². The van der Waals surface area contributed by atoms with Crippen LogP contribution in [0.5, 0.6) is 0 Å². The number of carbonyl (C=O) groups is 2. The van der Waals surface area contributed by atoms with Gasteiger partial charge in [-0.1, -0.05) is 0 Å². The molecule has 1 aromatic carbocycles. The maximum Gasteiger partial charge on any atom is 0.355 e. The largest absolute Gasteiger partial charge is 0.466 e. The van der Waals surface area contributed by atoms with Crippen molar-refractivity contribution in [1.82, 2.24) is 0 Å². The number of ether oxygens (including phenoxy) is 3. The predicted octanol–water partition coefficient (Wildman–Crippen LogP) is 2.59. The molecule has 0 bridgehead atoms. The smallest absolute Gasteiger partial charge is 0.355 e. The first-order valence-corrected chi connectivity index (χ1v) is 8.18. The third kappa shape index (κ3) is 3.50. The zero-order valence-corrected chi connectivity index (χ0v) is 15.9. The lowest BCUT2D eigenvalue weighted by atomic mass is 10.1. The van der Waals surface area contributed by atoms with Gasteiger partial charge in [-0.25, -0.2) is 14.0 Å². The van der Waals surface area contributed by atoms with Crippen LogP contribution in [0.2, 0.25) is 0 Å². The van der Waals surface area contributed by atoms with Crippen LogP contribution in [0, 0.1) is 9.39 Å². The van der Waals surface area contributed by atoms with Crippen molar-refractivity contribution in [3.63, 3.8) is 0 Å². The Morgan fingerprint density at radius 3 is 2.57 bits per heavy atom. The van der Waals surface area contributed by atoms with Crippen LogP contribution in [0.15, 0.2) is 27.9 Å². The molecular weight excluding hydrogens is 488 g/mol. The molecule has 1 aliphatic heterocycles. The molecule has 1 heterocycles. The van der Waals surface area contributed by atoms with Crippen molar-refractivity contribution in [2.24, 2.45) is 0 Å². The molecule has 0 fully saturated rings. The van der Waals surface area contributed by atoms with Crippen LogP contribution in [0.3, 0.4) is 0 Å². The summed E-state index contributed by atoms with van der Waals surface area (Å²) in [4.78, 5) is 25.3. The van der Waals surface area contributed by atoms with Gasteiger partial charge in [0.05, 0.1) is 36.6 Å². The Labute approximate surface area is 153 Å². The van der Waals surface area contributed by atoms with E-state index in [4.69, 9.17) is 9.47 Å². The first kappa shape index (κ1) is 18.1. The summed E-state index contributed by atoms with van der Waals surface area (Å²) in [5, 5.41) is 0. The lowest BCUT2D eigenvalue weighted by Gasteiger charge is -2.32. The van der Waals surface area contributed by atoms with Gasteiger partial charge < -0.3 is 19.1 Å². The number of carbonyl (C=O) groups excluding carboxylic acids is 2. The first-order valence-electron chi connectivity index (χ1n) is 6.30. The van der Waals surface area contributed by atoms with E-state index >= 15 is 0 Å². The molecule has 9 heteroatoms. The maximum absolute atomic E-state index is 14.6. The van der Waals surface area contributed by atoms with E-state index in [9.17, 15) is 14.0 Å². The lowest BCUT2D eigenvalue weighted by Crippen LogP contribution is -2.39. The highest BCUT2D eigenvalue weighted by atomic mass is 127. The minimum atomic E-state index is -0.774. The molecule has 0 aromatic heterocycles. The summed E-state index contributed by atoms with van der Waals surface area (Å²) in [6.45, 7) is -0.228. The summed E-state index contributed by atoms with van der Waals surface area (Å²) in [7, 11) is 2.37. The number of nitrogens with zero attached hydrogens (tertiary/aromatic N) is 1. The van der Waals surface area contributed by atoms with E-state index in [-0.39, 0.29) is 34.8 Å². The van der Waals surface area contributed by atoms with Crippen LogP contribution >= 0.6 is 38.5 Å². The van der Waals surface area contributed by atoms with Crippen LogP contribution in [0.25, 0.3) is 0 Å². The maximum atomic E-state index is 14.6. The second-order valence-electron chi connectivity index (χ2n) is 4.41. The number of halogens is 3. The van der Waals surface area contributed by atoms with Crippen LogP contribution in [0.1, 0.15) is 0 Å². The molecule has 0 aliphatic carbocycles. The van der Waals surface area contributed by atoms with Crippen molar-refractivity contribution < 1.29 is 28.2 Å². The van der Waals surface area contributed by atoms with E-state index in [0.717, 1.165) is 0 Å². The van der Waals surface area contributed by atoms with E-state index in [1.54, 1.807) is 12.1 Å². The van der Waals surface area contributed by atoms with Gasteiger partial charge in [0.15, 0.2) is 5.82 Å². The predicted molar refractivity (Wildman–Crippen MR) is 91.2 cm³/mol. The number of anilines is 1. The molecule has 0 amide bonds. The van der Waals surface area contributed by atoms with Crippen LogP contribution in [-0.4, -0.2) is 39.5 Å². The van der Waals surface area contributed by atoms with Gasteiger partial charge in [-0.05, 0) is 50.7 Å². The average Bonchev–Trinajstić information content (AvgIpc) is 2.56. The van der Waals surface area contributed by atoms with Crippen molar-refractivity contribution in [3.8, 4) is 0 Å². The molecule has 0 spiro atoms. The molecule has 2 rings (SSSR count). The fourth-order valence-electron chi connectivity index (χ4n) is 2.08. The number of hydrogen-bond donors (Lipinski definition) is 0. The third-order valence-electron chi connectivity index (χ3n) is 3.12. The van der Waals surface area contributed by atoms with Crippen LogP contribution in [0.4, 0.5) is 10.1 Å². The minimum absolute atomic E-state index is 0.0271. The van der Waals surface area contributed by atoms with E-state index in [1.807, 2.05) is 22.6 Å². The van der Waals surface area contributed by atoms with Gasteiger partial charge in [0.2, 0.25) is 0 Å². The average molecular weight is 500 g/mol. The Bertz CT molecular complexity index is 694. The first-order chi connectivity index (χ1) is 10.9. The molecule has 1 aliphatic rings. The summed E-state index contributed by atoms with van der Waals surface area (Å²) in [6.07, 6.45) is 0. The number of esters is 2. The monoisotopic (exact) mass is 499 g/mol. The van der Waals surface area contributed by atoms with E-state index < -0.39 is 17.8 Å². The third-order valence-corrected chi connectivity index (χ3v) is 4.61. The number of hydrogen-bond acceptors (Lipinski definition) is 6. The van der Waals surface area contributed by atoms with Gasteiger partial charge in [-0.15, -0.1) is 0 Å². The normalized spacial score (nSPS) is 14.7. The topological polar surface area (TPSA) is 65.1 Å². The second kappa shape index (κ2) is 7.58. The summed E-state index contributed by atoms with van der Waals surface area (Å²) in [5.41, 5.74) is -0.0113. The van der Waals surface area contributed by atoms with Gasteiger partial charge in [-0.2, -0.15) is 0 Å². The Morgan fingerprint density at radius 1 is 1.30 bits per heavy atom. The van der Waals surface area contributed by atoms with Gasteiger partial charge in [0, 0.05) is 3.57 Å².